The van der Waals surface area contributed by atoms with Gasteiger partial charge < -0.3 is 11.1 Å². The van der Waals surface area contributed by atoms with Crippen molar-refractivity contribution in [3.05, 3.63) is 24.1 Å². The molecule has 1 aromatic rings. The minimum atomic E-state index is -0.441. The number of rotatable bonds is 4. The van der Waals surface area contributed by atoms with E-state index in [0.29, 0.717) is 0 Å². The van der Waals surface area contributed by atoms with Crippen LogP contribution in [0.3, 0.4) is 0 Å². The lowest BCUT2D eigenvalue weighted by Gasteiger charge is -2.12. The zero-order valence-electron chi connectivity index (χ0n) is 7.83. The van der Waals surface area contributed by atoms with Crippen molar-refractivity contribution in [2.24, 2.45) is 5.73 Å². The average molecular weight is 197 g/mol. The standard InChI is InChI=1S/C9H12FN3O/c1-6(5-8(11)14)13-9-7(10)3-2-4-12-9/h2-4,6H,5H2,1H3,(H2,11,14)(H,12,13). The summed E-state index contributed by atoms with van der Waals surface area (Å²) < 4.78 is 13.0. The Balaban J connectivity index is 2.60. The van der Waals surface area contributed by atoms with Crippen LogP contribution in [0.5, 0.6) is 0 Å². The molecule has 0 spiro atoms. The Morgan fingerprint density at radius 2 is 2.50 bits per heavy atom. The van der Waals surface area contributed by atoms with Crippen molar-refractivity contribution in [1.82, 2.24) is 4.98 Å². The number of anilines is 1. The SMILES string of the molecule is CC(CC(N)=O)Nc1ncccc1F. The van der Waals surface area contributed by atoms with Crippen molar-refractivity contribution < 1.29 is 9.18 Å². The first-order chi connectivity index (χ1) is 6.59. The van der Waals surface area contributed by atoms with E-state index in [1.54, 1.807) is 6.92 Å². The molecule has 0 aliphatic heterocycles. The number of amides is 1. The molecule has 0 bridgehead atoms. The molecule has 0 radical (unpaired) electrons. The van der Waals surface area contributed by atoms with E-state index in [1.165, 1.54) is 18.3 Å². The Morgan fingerprint density at radius 3 is 3.07 bits per heavy atom. The maximum atomic E-state index is 13.0. The predicted octanol–water partition coefficient (Wildman–Crippen LogP) is 0.896. The summed E-state index contributed by atoms with van der Waals surface area (Å²) in [6, 6.07) is 2.57. The number of nitrogens with two attached hydrogens (primary N) is 1. The molecule has 5 heteroatoms. The van der Waals surface area contributed by atoms with Crippen LogP contribution in [0.1, 0.15) is 13.3 Å². The Kier molecular flexibility index (Phi) is 3.39. The number of hydrogen-bond acceptors (Lipinski definition) is 3. The zero-order chi connectivity index (χ0) is 10.6. The Bertz CT molecular complexity index is 330. The maximum absolute atomic E-state index is 13.0. The highest BCUT2D eigenvalue weighted by atomic mass is 19.1. The van der Waals surface area contributed by atoms with Gasteiger partial charge in [0.25, 0.3) is 0 Å². The average Bonchev–Trinajstić information content (AvgIpc) is 2.07. The van der Waals surface area contributed by atoms with E-state index < -0.39 is 11.7 Å². The van der Waals surface area contributed by atoms with Gasteiger partial charge in [0.1, 0.15) is 0 Å². The normalized spacial score (nSPS) is 12.1. The first-order valence-electron chi connectivity index (χ1n) is 4.25. The third-order valence-electron chi connectivity index (χ3n) is 1.65. The van der Waals surface area contributed by atoms with Gasteiger partial charge in [-0.05, 0) is 19.1 Å². The summed E-state index contributed by atoms with van der Waals surface area (Å²) in [6.07, 6.45) is 1.62. The van der Waals surface area contributed by atoms with Crippen molar-refractivity contribution >= 4 is 11.7 Å². The van der Waals surface area contributed by atoms with Crippen molar-refractivity contribution in [2.75, 3.05) is 5.32 Å². The fourth-order valence-electron chi connectivity index (χ4n) is 1.08. The highest BCUT2D eigenvalue weighted by molar-refractivity contribution is 5.74. The maximum Gasteiger partial charge on any atom is 0.219 e. The van der Waals surface area contributed by atoms with Crippen LogP contribution in [0.25, 0.3) is 0 Å². The van der Waals surface area contributed by atoms with Crippen molar-refractivity contribution in [3.8, 4) is 0 Å². The zero-order valence-corrected chi connectivity index (χ0v) is 7.83. The van der Waals surface area contributed by atoms with Gasteiger partial charge in [0.15, 0.2) is 11.6 Å². The number of nitrogens with zero attached hydrogens (tertiary/aromatic N) is 1. The smallest absolute Gasteiger partial charge is 0.219 e. The molecule has 14 heavy (non-hydrogen) atoms. The summed E-state index contributed by atoms with van der Waals surface area (Å²) >= 11 is 0. The lowest BCUT2D eigenvalue weighted by atomic mass is 10.2. The number of pyridine rings is 1. The van der Waals surface area contributed by atoms with E-state index in [4.69, 9.17) is 5.73 Å². The monoisotopic (exact) mass is 197 g/mol. The number of halogens is 1. The Labute approximate surface area is 81.3 Å². The molecule has 0 saturated heterocycles. The summed E-state index contributed by atoms with van der Waals surface area (Å²) in [4.78, 5) is 14.3. The van der Waals surface area contributed by atoms with Crippen molar-refractivity contribution in [3.63, 3.8) is 0 Å². The van der Waals surface area contributed by atoms with E-state index >= 15 is 0 Å². The van der Waals surface area contributed by atoms with Gasteiger partial charge in [-0.1, -0.05) is 0 Å². The highest BCUT2D eigenvalue weighted by Crippen LogP contribution is 2.10. The van der Waals surface area contributed by atoms with Gasteiger partial charge >= 0.3 is 0 Å². The summed E-state index contributed by atoms with van der Waals surface area (Å²) in [7, 11) is 0. The van der Waals surface area contributed by atoms with E-state index in [2.05, 4.69) is 10.3 Å². The lowest BCUT2D eigenvalue weighted by Crippen LogP contribution is -2.24. The number of primary amides is 1. The third-order valence-corrected chi connectivity index (χ3v) is 1.65. The minimum Gasteiger partial charge on any atom is -0.370 e. The fourth-order valence-corrected chi connectivity index (χ4v) is 1.08. The second kappa shape index (κ2) is 4.55. The topological polar surface area (TPSA) is 68.0 Å². The first kappa shape index (κ1) is 10.4. The number of aromatic nitrogens is 1. The van der Waals surface area contributed by atoms with Crippen LogP contribution in [0, 0.1) is 5.82 Å². The van der Waals surface area contributed by atoms with Crippen molar-refractivity contribution in [2.45, 2.75) is 19.4 Å². The predicted molar refractivity (Wildman–Crippen MR) is 51.1 cm³/mol. The third kappa shape index (κ3) is 3.01. The quantitative estimate of drug-likeness (QED) is 0.753. The first-order valence-corrected chi connectivity index (χ1v) is 4.25. The lowest BCUT2D eigenvalue weighted by molar-refractivity contribution is -0.118. The molecular formula is C9H12FN3O. The van der Waals surface area contributed by atoms with Crippen LogP contribution >= 0.6 is 0 Å². The van der Waals surface area contributed by atoms with E-state index in [-0.39, 0.29) is 18.3 Å². The Morgan fingerprint density at radius 1 is 1.79 bits per heavy atom. The van der Waals surface area contributed by atoms with Crippen LogP contribution in [-0.2, 0) is 4.79 Å². The molecule has 3 N–H and O–H groups in total. The van der Waals surface area contributed by atoms with Gasteiger partial charge in [0, 0.05) is 18.7 Å². The molecule has 1 atom stereocenters. The van der Waals surface area contributed by atoms with Gasteiger partial charge in [-0.2, -0.15) is 0 Å². The summed E-state index contributed by atoms with van der Waals surface area (Å²) in [5.74, 6) is -0.730. The molecule has 4 nitrogen and oxygen atoms in total. The van der Waals surface area contributed by atoms with Crippen LogP contribution in [0.15, 0.2) is 18.3 Å². The van der Waals surface area contributed by atoms with Gasteiger partial charge in [0.05, 0.1) is 0 Å². The van der Waals surface area contributed by atoms with Gasteiger partial charge in [-0.15, -0.1) is 0 Å². The highest BCUT2D eigenvalue weighted by Gasteiger charge is 2.08. The molecule has 0 aliphatic rings. The molecule has 1 amide bonds. The van der Waals surface area contributed by atoms with E-state index in [1.807, 2.05) is 0 Å². The van der Waals surface area contributed by atoms with Crippen LogP contribution in [-0.4, -0.2) is 16.9 Å². The van der Waals surface area contributed by atoms with Crippen molar-refractivity contribution in [1.29, 1.82) is 0 Å². The summed E-state index contributed by atoms with van der Waals surface area (Å²) in [5.41, 5.74) is 4.99. The molecular weight excluding hydrogens is 185 g/mol. The summed E-state index contributed by atoms with van der Waals surface area (Å²) in [5, 5.41) is 2.75. The fraction of sp³-hybridized carbons (Fsp3) is 0.333. The minimum absolute atomic E-state index is 0.140. The molecule has 76 valence electrons. The molecule has 1 rings (SSSR count). The number of carbonyl (C=O) groups is 1. The van der Waals surface area contributed by atoms with Gasteiger partial charge in [-0.25, -0.2) is 9.37 Å². The second-order valence-corrected chi connectivity index (χ2v) is 3.05. The molecule has 1 heterocycles. The van der Waals surface area contributed by atoms with Gasteiger partial charge in [0.2, 0.25) is 5.91 Å². The molecule has 0 fully saturated rings. The molecule has 0 aromatic carbocycles. The number of nitrogens with one attached hydrogen (secondary N) is 1. The van der Waals surface area contributed by atoms with Gasteiger partial charge in [-0.3, -0.25) is 4.79 Å². The molecule has 0 saturated carbocycles. The number of carbonyl (C=O) groups excluding carboxylic acids is 1. The van der Waals surface area contributed by atoms with E-state index in [9.17, 15) is 9.18 Å². The van der Waals surface area contributed by atoms with E-state index in [0.717, 1.165) is 0 Å². The molecule has 1 unspecified atom stereocenters. The van der Waals surface area contributed by atoms with Crippen LogP contribution in [0.2, 0.25) is 0 Å². The van der Waals surface area contributed by atoms with Crippen LogP contribution < -0.4 is 11.1 Å². The summed E-state index contributed by atoms with van der Waals surface area (Å²) in [6.45, 7) is 1.74. The largest absolute Gasteiger partial charge is 0.370 e. The number of hydrogen-bond donors (Lipinski definition) is 2. The Hall–Kier alpha value is -1.65. The van der Waals surface area contributed by atoms with Crippen LogP contribution in [0.4, 0.5) is 10.2 Å². The molecule has 1 aromatic heterocycles. The molecule has 0 aliphatic carbocycles. The second-order valence-electron chi connectivity index (χ2n) is 3.05.